The highest BCUT2D eigenvalue weighted by molar-refractivity contribution is 7.99. The number of hydrogen-bond acceptors (Lipinski definition) is 6. The van der Waals surface area contributed by atoms with E-state index >= 15 is 0 Å². The SMILES string of the molecule is O=C(CSc1nnc2[nH]c(=O)c(-c3ccc(F)cc3)nn12)c1ccccc1. The van der Waals surface area contributed by atoms with Gasteiger partial charge in [0.25, 0.3) is 11.3 Å². The number of carbonyl (C=O) groups excluding carboxylic acids is 1. The minimum absolute atomic E-state index is 0.0551. The monoisotopic (exact) mass is 381 g/mol. The lowest BCUT2D eigenvalue weighted by Crippen LogP contribution is -2.15. The van der Waals surface area contributed by atoms with Crippen LogP contribution in [0.3, 0.4) is 0 Å². The number of halogens is 1. The fourth-order valence-corrected chi connectivity index (χ4v) is 3.24. The van der Waals surface area contributed by atoms with Gasteiger partial charge in [0.1, 0.15) is 5.82 Å². The van der Waals surface area contributed by atoms with Gasteiger partial charge in [0.15, 0.2) is 11.5 Å². The van der Waals surface area contributed by atoms with E-state index in [9.17, 15) is 14.0 Å². The first-order valence-corrected chi connectivity index (χ1v) is 8.93. The zero-order valence-electron chi connectivity index (χ0n) is 13.8. The largest absolute Gasteiger partial charge is 0.293 e. The number of rotatable bonds is 5. The molecule has 0 fully saturated rings. The van der Waals surface area contributed by atoms with Gasteiger partial charge < -0.3 is 0 Å². The van der Waals surface area contributed by atoms with E-state index in [2.05, 4.69) is 20.3 Å². The van der Waals surface area contributed by atoms with E-state index in [1.165, 1.54) is 40.5 Å². The quantitative estimate of drug-likeness (QED) is 0.422. The van der Waals surface area contributed by atoms with Crippen LogP contribution in [-0.4, -0.2) is 36.3 Å². The zero-order valence-corrected chi connectivity index (χ0v) is 14.6. The Kier molecular flexibility index (Phi) is 4.51. The molecule has 4 rings (SSSR count). The van der Waals surface area contributed by atoms with Crippen LogP contribution in [0.1, 0.15) is 10.4 Å². The minimum atomic E-state index is -0.460. The Morgan fingerprint density at radius 1 is 1.07 bits per heavy atom. The molecular weight excluding hydrogens is 369 g/mol. The summed E-state index contributed by atoms with van der Waals surface area (Å²) < 4.78 is 14.5. The predicted molar refractivity (Wildman–Crippen MR) is 98.3 cm³/mol. The number of benzene rings is 2. The second-order valence-corrected chi connectivity index (χ2v) is 6.55. The molecule has 1 N–H and O–H groups in total. The summed E-state index contributed by atoms with van der Waals surface area (Å²) in [6.07, 6.45) is 0. The molecule has 0 atom stereocenters. The van der Waals surface area contributed by atoms with E-state index < -0.39 is 11.4 Å². The van der Waals surface area contributed by atoms with Crippen molar-refractivity contribution in [3.8, 4) is 11.3 Å². The van der Waals surface area contributed by atoms with Crippen LogP contribution in [0.2, 0.25) is 0 Å². The van der Waals surface area contributed by atoms with E-state index in [0.717, 1.165) is 0 Å². The first kappa shape index (κ1) is 17.1. The summed E-state index contributed by atoms with van der Waals surface area (Å²) in [4.78, 5) is 27.1. The smallest absolute Gasteiger partial charge is 0.279 e. The van der Waals surface area contributed by atoms with Gasteiger partial charge in [0.2, 0.25) is 5.16 Å². The molecule has 2 aromatic heterocycles. The van der Waals surface area contributed by atoms with Crippen LogP contribution >= 0.6 is 11.8 Å². The molecule has 0 aliphatic heterocycles. The third-order valence-corrected chi connectivity index (χ3v) is 4.72. The molecule has 0 aliphatic rings. The normalized spacial score (nSPS) is 11.0. The van der Waals surface area contributed by atoms with Crippen LogP contribution in [0.4, 0.5) is 4.39 Å². The summed E-state index contributed by atoms with van der Waals surface area (Å²) in [5, 5.41) is 12.5. The van der Waals surface area contributed by atoms with Crippen LogP contribution in [0.25, 0.3) is 17.0 Å². The fourth-order valence-electron chi connectivity index (χ4n) is 2.46. The Labute approximate surface area is 156 Å². The molecule has 0 amide bonds. The highest BCUT2D eigenvalue weighted by atomic mass is 32.2. The third kappa shape index (κ3) is 3.49. The fraction of sp³-hybridized carbons (Fsp3) is 0.0556. The standard InChI is InChI=1S/C18H12FN5O2S/c19-13-8-6-12(7-9-13)15-16(26)20-17-21-22-18(24(17)23-15)27-10-14(25)11-4-2-1-3-5-11/h1-9H,10H2,(H,20,21,26). The van der Waals surface area contributed by atoms with Gasteiger partial charge >= 0.3 is 0 Å². The van der Waals surface area contributed by atoms with Crippen LogP contribution in [0, 0.1) is 5.82 Å². The van der Waals surface area contributed by atoms with Crippen LogP contribution in [0.15, 0.2) is 64.5 Å². The first-order chi connectivity index (χ1) is 13.1. The van der Waals surface area contributed by atoms with E-state index in [4.69, 9.17) is 0 Å². The third-order valence-electron chi connectivity index (χ3n) is 3.80. The van der Waals surface area contributed by atoms with Crippen LogP contribution < -0.4 is 5.56 Å². The van der Waals surface area contributed by atoms with Crippen molar-refractivity contribution in [3.05, 3.63) is 76.3 Å². The molecule has 0 bridgehead atoms. The number of ketones is 1. The van der Waals surface area contributed by atoms with Crippen LogP contribution in [-0.2, 0) is 0 Å². The Hall–Kier alpha value is -3.33. The highest BCUT2D eigenvalue weighted by Gasteiger charge is 2.15. The molecule has 27 heavy (non-hydrogen) atoms. The maximum atomic E-state index is 13.1. The Morgan fingerprint density at radius 2 is 1.81 bits per heavy atom. The molecule has 0 saturated heterocycles. The number of nitrogens with one attached hydrogen (secondary N) is 1. The van der Waals surface area contributed by atoms with Crippen molar-refractivity contribution in [1.82, 2.24) is 24.8 Å². The lowest BCUT2D eigenvalue weighted by molar-refractivity contribution is 0.102. The average molecular weight is 381 g/mol. The molecule has 134 valence electrons. The van der Waals surface area contributed by atoms with Crippen LogP contribution in [0.5, 0.6) is 0 Å². The molecule has 0 unspecified atom stereocenters. The van der Waals surface area contributed by atoms with Crippen molar-refractivity contribution < 1.29 is 9.18 Å². The van der Waals surface area contributed by atoms with Gasteiger partial charge in [-0.2, -0.15) is 9.61 Å². The molecule has 0 aliphatic carbocycles. The van der Waals surface area contributed by atoms with Crippen molar-refractivity contribution >= 4 is 23.3 Å². The molecule has 2 heterocycles. The predicted octanol–water partition coefficient (Wildman–Crippen LogP) is 2.59. The number of Topliss-reactive ketones (excluding diaryl/α,β-unsaturated/α-hetero) is 1. The van der Waals surface area contributed by atoms with Crippen molar-refractivity contribution in [2.24, 2.45) is 0 Å². The highest BCUT2D eigenvalue weighted by Crippen LogP contribution is 2.19. The summed E-state index contributed by atoms with van der Waals surface area (Å²) >= 11 is 1.17. The summed E-state index contributed by atoms with van der Waals surface area (Å²) in [5.41, 5.74) is 0.716. The van der Waals surface area contributed by atoms with Gasteiger partial charge in [-0.1, -0.05) is 42.1 Å². The van der Waals surface area contributed by atoms with Gasteiger partial charge in [0.05, 0.1) is 5.75 Å². The number of H-pyrrole nitrogens is 1. The first-order valence-electron chi connectivity index (χ1n) is 7.94. The van der Waals surface area contributed by atoms with Crippen molar-refractivity contribution in [1.29, 1.82) is 0 Å². The average Bonchev–Trinajstić information content (AvgIpc) is 3.08. The molecule has 0 spiro atoms. The van der Waals surface area contributed by atoms with Gasteiger partial charge in [-0.25, -0.2) is 4.39 Å². The van der Waals surface area contributed by atoms with Crippen molar-refractivity contribution in [3.63, 3.8) is 0 Å². The number of thioether (sulfide) groups is 1. The van der Waals surface area contributed by atoms with Gasteiger partial charge in [-0.3, -0.25) is 14.6 Å². The molecule has 4 aromatic rings. The maximum Gasteiger partial charge on any atom is 0.279 e. The number of hydrogen-bond donors (Lipinski definition) is 1. The maximum absolute atomic E-state index is 13.1. The summed E-state index contributed by atoms with van der Waals surface area (Å²) in [7, 11) is 0. The Balaban J connectivity index is 1.64. The molecule has 0 radical (unpaired) electrons. The van der Waals surface area contributed by atoms with E-state index in [1.807, 2.05) is 6.07 Å². The number of fused-ring (bicyclic) bond motifs is 1. The van der Waals surface area contributed by atoms with E-state index in [0.29, 0.717) is 16.3 Å². The lowest BCUT2D eigenvalue weighted by Gasteiger charge is -2.03. The molecular formula is C18H12FN5O2S. The number of aromatic amines is 1. The minimum Gasteiger partial charge on any atom is -0.293 e. The number of aromatic nitrogens is 5. The van der Waals surface area contributed by atoms with Gasteiger partial charge in [-0.15, -0.1) is 10.2 Å². The molecule has 0 saturated carbocycles. The number of nitrogens with zero attached hydrogens (tertiary/aromatic N) is 4. The second kappa shape index (κ2) is 7.12. The molecule has 9 heteroatoms. The molecule has 2 aromatic carbocycles. The topological polar surface area (TPSA) is 93.0 Å². The summed E-state index contributed by atoms with van der Waals surface area (Å²) in [6, 6.07) is 14.4. The summed E-state index contributed by atoms with van der Waals surface area (Å²) in [6.45, 7) is 0. The summed E-state index contributed by atoms with van der Waals surface area (Å²) in [5.74, 6) is -0.144. The zero-order chi connectivity index (χ0) is 18.8. The van der Waals surface area contributed by atoms with E-state index in [1.54, 1.807) is 24.3 Å². The van der Waals surface area contributed by atoms with E-state index in [-0.39, 0.29) is 23.0 Å². The van der Waals surface area contributed by atoms with Gasteiger partial charge in [0, 0.05) is 11.1 Å². The number of carbonyl (C=O) groups is 1. The van der Waals surface area contributed by atoms with Gasteiger partial charge in [-0.05, 0) is 24.3 Å². The molecule has 7 nitrogen and oxygen atoms in total. The van der Waals surface area contributed by atoms with Crippen molar-refractivity contribution in [2.75, 3.05) is 5.75 Å². The second-order valence-electron chi connectivity index (χ2n) is 5.61. The Bertz CT molecular complexity index is 1170. The Morgan fingerprint density at radius 3 is 2.56 bits per heavy atom. The van der Waals surface area contributed by atoms with Crippen molar-refractivity contribution in [2.45, 2.75) is 5.16 Å². The lowest BCUT2D eigenvalue weighted by atomic mass is 10.2.